The number of ether oxygens (including phenoxy) is 2. The molecule has 0 aromatic heterocycles. The molecule has 1 fully saturated rings. The number of benzene rings is 2. The van der Waals surface area contributed by atoms with Crippen molar-refractivity contribution < 1.29 is 9.47 Å². The molecule has 3 rings (SSSR count). The number of halogens is 1. The van der Waals surface area contributed by atoms with Crippen LogP contribution in [0.25, 0.3) is 0 Å². The zero-order chi connectivity index (χ0) is 15.2. The molecular weight excluding hydrogens is 342 g/mol. The molecule has 1 heterocycles. The van der Waals surface area contributed by atoms with E-state index in [1.807, 2.05) is 24.3 Å². The van der Waals surface area contributed by atoms with E-state index in [0.29, 0.717) is 12.6 Å². The Morgan fingerprint density at radius 1 is 1.09 bits per heavy atom. The first kappa shape index (κ1) is 15.4. The van der Waals surface area contributed by atoms with Crippen molar-refractivity contribution in [1.29, 1.82) is 0 Å². The number of hydrogen-bond donors (Lipinski definition) is 1. The van der Waals surface area contributed by atoms with Gasteiger partial charge in [0.05, 0.1) is 4.47 Å². The highest BCUT2D eigenvalue weighted by molar-refractivity contribution is 9.10. The lowest BCUT2D eigenvalue weighted by Crippen LogP contribution is -2.27. The minimum absolute atomic E-state index is 0.483. The summed E-state index contributed by atoms with van der Waals surface area (Å²) in [4.78, 5) is 0. The van der Waals surface area contributed by atoms with Crippen LogP contribution in [0.5, 0.6) is 5.75 Å². The van der Waals surface area contributed by atoms with Crippen molar-refractivity contribution in [1.82, 2.24) is 0 Å². The molecule has 4 heteroatoms. The highest BCUT2D eigenvalue weighted by atomic mass is 79.9. The summed E-state index contributed by atoms with van der Waals surface area (Å²) in [5.74, 6) is 0.862. The van der Waals surface area contributed by atoms with Gasteiger partial charge in [0.25, 0.3) is 0 Å². The fourth-order valence-electron chi connectivity index (χ4n) is 2.52. The summed E-state index contributed by atoms with van der Waals surface area (Å²) in [6.45, 7) is 2.25. The second kappa shape index (κ2) is 7.65. The lowest BCUT2D eigenvalue weighted by Gasteiger charge is -2.24. The molecular formula is C18H20BrNO2. The van der Waals surface area contributed by atoms with Crippen LogP contribution in [-0.2, 0) is 11.3 Å². The number of rotatable bonds is 5. The molecule has 0 aliphatic carbocycles. The van der Waals surface area contributed by atoms with E-state index in [2.05, 4.69) is 45.5 Å². The smallest absolute Gasteiger partial charge is 0.136 e. The Hall–Kier alpha value is -1.52. The number of nitrogens with one attached hydrogen (secondary N) is 1. The van der Waals surface area contributed by atoms with Crippen molar-refractivity contribution in [3.8, 4) is 5.75 Å². The van der Waals surface area contributed by atoms with E-state index < -0.39 is 0 Å². The highest BCUT2D eigenvalue weighted by Gasteiger charge is 2.14. The Balaban J connectivity index is 1.64. The predicted octanol–water partition coefficient (Wildman–Crippen LogP) is 4.62. The van der Waals surface area contributed by atoms with Crippen LogP contribution in [0, 0.1) is 0 Å². The third-order valence-electron chi connectivity index (χ3n) is 3.76. The van der Waals surface area contributed by atoms with Gasteiger partial charge in [0.15, 0.2) is 0 Å². The van der Waals surface area contributed by atoms with Crippen LogP contribution in [0.4, 0.5) is 5.69 Å². The summed E-state index contributed by atoms with van der Waals surface area (Å²) in [6, 6.07) is 16.8. The van der Waals surface area contributed by atoms with E-state index in [-0.39, 0.29) is 0 Å². The Morgan fingerprint density at radius 2 is 1.86 bits per heavy atom. The van der Waals surface area contributed by atoms with E-state index in [9.17, 15) is 0 Å². The lowest BCUT2D eigenvalue weighted by atomic mass is 10.1. The van der Waals surface area contributed by atoms with Crippen LogP contribution in [0.1, 0.15) is 18.4 Å². The van der Waals surface area contributed by atoms with E-state index in [0.717, 1.165) is 47.5 Å². The van der Waals surface area contributed by atoms with Crippen LogP contribution < -0.4 is 10.1 Å². The van der Waals surface area contributed by atoms with Crippen molar-refractivity contribution in [3.05, 3.63) is 58.6 Å². The average molecular weight is 362 g/mol. The molecule has 1 saturated heterocycles. The summed E-state index contributed by atoms with van der Waals surface area (Å²) in [6.07, 6.45) is 2.10. The van der Waals surface area contributed by atoms with Crippen molar-refractivity contribution in [2.24, 2.45) is 0 Å². The third kappa shape index (κ3) is 4.24. The molecule has 0 saturated carbocycles. The predicted molar refractivity (Wildman–Crippen MR) is 92.4 cm³/mol. The SMILES string of the molecule is Brc1ccc(NC2CCOCC2)cc1OCc1ccccc1. The number of anilines is 1. The van der Waals surface area contributed by atoms with Gasteiger partial charge < -0.3 is 14.8 Å². The van der Waals surface area contributed by atoms with Gasteiger partial charge in [0.2, 0.25) is 0 Å². The summed E-state index contributed by atoms with van der Waals surface area (Å²) in [7, 11) is 0. The third-order valence-corrected chi connectivity index (χ3v) is 4.42. The molecule has 116 valence electrons. The summed E-state index contributed by atoms with van der Waals surface area (Å²) >= 11 is 3.56. The molecule has 0 amide bonds. The average Bonchev–Trinajstić information content (AvgIpc) is 2.57. The summed E-state index contributed by atoms with van der Waals surface area (Å²) in [5, 5.41) is 3.57. The van der Waals surface area contributed by atoms with E-state index in [1.165, 1.54) is 0 Å². The molecule has 1 N–H and O–H groups in total. The standard InChI is InChI=1S/C18H20BrNO2/c19-17-7-6-16(20-15-8-10-21-11-9-15)12-18(17)22-13-14-4-2-1-3-5-14/h1-7,12,15,20H,8-11,13H2. The summed E-state index contributed by atoms with van der Waals surface area (Å²) < 4.78 is 12.3. The van der Waals surface area contributed by atoms with Crippen molar-refractivity contribution >= 4 is 21.6 Å². The first-order valence-corrected chi connectivity index (χ1v) is 8.41. The molecule has 22 heavy (non-hydrogen) atoms. The fraction of sp³-hybridized carbons (Fsp3) is 0.333. The van der Waals surface area contributed by atoms with Gasteiger partial charge in [-0.2, -0.15) is 0 Å². The van der Waals surface area contributed by atoms with Gasteiger partial charge in [-0.05, 0) is 46.5 Å². The van der Waals surface area contributed by atoms with E-state index in [1.54, 1.807) is 0 Å². The van der Waals surface area contributed by atoms with Crippen molar-refractivity contribution in [3.63, 3.8) is 0 Å². The van der Waals surface area contributed by atoms with E-state index in [4.69, 9.17) is 9.47 Å². The van der Waals surface area contributed by atoms with Gasteiger partial charge in [0, 0.05) is 31.0 Å². The van der Waals surface area contributed by atoms with Crippen molar-refractivity contribution in [2.45, 2.75) is 25.5 Å². The first-order valence-electron chi connectivity index (χ1n) is 7.62. The van der Waals surface area contributed by atoms with Crippen molar-refractivity contribution in [2.75, 3.05) is 18.5 Å². The molecule has 0 bridgehead atoms. The number of hydrogen-bond acceptors (Lipinski definition) is 3. The molecule has 2 aromatic rings. The molecule has 0 unspecified atom stereocenters. The topological polar surface area (TPSA) is 30.5 Å². The Labute approximate surface area is 139 Å². The zero-order valence-corrected chi connectivity index (χ0v) is 14.0. The maximum atomic E-state index is 5.94. The second-order valence-corrected chi connectivity index (χ2v) is 6.30. The van der Waals surface area contributed by atoms with Crippen LogP contribution in [0.3, 0.4) is 0 Å². The second-order valence-electron chi connectivity index (χ2n) is 5.45. The molecule has 0 spiro atoms. The van der Waals surface area contributed by atoms with Crippen LogP contribution in [0.15, 0.2) is 53.0 Å². The maximum Gasteiger partial charge on any atom is 0.136 e. The largest absolute Gasteiger partial charge is 0.488 e. The van der Waals surface area contributed by atoms with E-state index >= 15 is 0 Å². The van der Waals surface area contributed by atoms with Crippen LogP contribution in [-0.4, -0.2) is 19.3 Å². The maximum absolute atomic E-state index is 5.94. The van der Waals surface area contributed by atoms with Gasteiger partial charge in [0.1, 0.15) is 12.4 Å². The minimum atomic E-state index is 0.483. The van der Waals surface area contributed by atoms with Gasteiger partial charge in [-0.1, -0.05) is 30.3 Å². The molecule has 1 aliphatic rings. The van der Waals surface area contributed by atoms with Crippen LogP contribution >= 0.6 is 15.9 Å². The minimum Gasteiger partial charge on any atom is -0.488 e. The van der Waals surface area contributed by atoms with Gasteiger partial charge >= 0.3 is 0 Å². The fourth-order valence-corrected chi connectivity index (χ4v) is 2.88. The van der Waals surface area contributed by atoms with Crippen LogP contribution in [0.2, 0.25) is 0 Å². The Bertz CT molecular complexity index is 597. The normalized spacial score (nSPS) is 15.5. The molecule has 2 aromatic carbocycles. The van der Waals surface area contributed by atoms with Gasteiger partial charge in [-0.25, -0.2) is 0 Å². The first-order chi connectivity index (χ1) is 10.8. The molecule has 1 aliphatic heterocycles. The monoisotopic (exact) mass is 361 g/mol. The summed E-state index contributed by atoms with van der Waals surface area (Å²) in [5.41, 5.74) is 2.26. The lowest BCUT2D eigenvalue weighted by molar-refractivity contribution is 0.0904. The quantitative estimate of drug-likeness (QED) is 0.842. The Kier molecular flexibility index (Phi) is 5.35. The Morgan fingerprint density at radius 3 is 2.64 bits per heavy atom. The molecule has 0 atom stereocenters. The molecule has 0 radical (unpaired) electrons. The zero-order valence-electron chi connectivity index (χ0n) is 12.4. The highest BCUT2D eigenvalue weighted by Crippen LogP contribution is 2.30. The van der Waals surface area contributed by atoms with Gasteiger partial charge in [-0.3, -0.25) is 0 Å². The molecule has 3 nitrogen and oxygen atoms in total. The van der Waals surface area contributed by atoms with Gasteiger partial charge in [-0.15, -0.1) is 0 Å².